The third kappa shape index (κ3) is 5.79. The number of hydrogen-bond acceptors (Lipinski definition) is 4. The summed E-state index contributed by atoms with van der Waals surface area (Å²) >= 11 is 5.95. The van der Waals surface area contributed by atoms with Gasteiger partial charge in [-0.05, 0) is 44.8 Å². The van der Waals surface area contributed by atoms with Crippen LogP contribution in [0.3, 0.4) is 0 Å². The number of carbonyl (C=O) groups is 1. The van der Waals surface area contributed by atoms with Gasteiger partial charge in [0.25, 0.3) is 0 Å². The Morgan fingerprint density at radius 3 is 2.48 bits per heavy atom. The molecule has 0 spiro atoms. The number of nitrogens with one attached hydrogen (secondary N) is 2. The molecule has 1 amide bonds. The number of rotatable bonds is 8. The zero-order valence-electron chi connectivity index (χ0n) is 16.0. The van der Waals surface area contributed by atoms with E-state index < -0.39 is 0 Å². The van der Waals surface area contributed by atoms with Gasteiger partial charge in [-0.25, -0.2) is 0 Å². The van der Waals surface area contributed by atoms with Crippen molar-refractivity contribution in [2.75, 3.05) is 20.1 Å². The molecule has 0 aromatic heterocycles. The van der Waals surface area contributed by atoms with Crippen LogP contribution in [0.15, 0.2) is 35.7 Å². The molecule has 25 heavy (non-hydrogen) atoms. The number of alkyl halides is 1. The van der Waals surface area contributed by atoms with Crippen LogP contribution in [-0.2, 0) is 4.79 Å². The Labute approximate surface area is 157 Å². The zero-order chi connectivity index (χ0) is 19.0. The SMILES string of the molecule is C=C(C/C(C)=C(\C=CC(C)Cl)NN)N1CCC(CC)(C(=O)NC)CC1. The van der Waals surface area contributed by atoms with E-state index in [1.54, 1.807) is 7.05 Å². The highest BCUT2D eigenvalue weighted by Crippen LogP contribution is 2.36. The van der Waals surface area contributed by atoms with Gasteiger partial charge in [0.2, 0.25) is 5.91 Å². The minimum atomic E-state index is -0.236. The Morgan fingerprint density at radius 2 is 2.04 bits per heavy atom. The summed E-state index contributed by atoms with van der Waals surface area (Å²) in [5, 5.41) is 2.77. The van der Waals surface area contributed by atoms with Crippen LogP contribution in [0, 0.1) is 5.41 Å². The third-order valence-corrected chi connectivity index (χ3v) is 5.31. The number of nitrogens with zero attached hydrogens (tertiary/aromatic N) is 1. The maximum Gasteiger partial charge on any atom is 0.226 e. The summed E-state index contributed by atoms with van der Waals surface area (Å²) < 4.78 is 0. The van der Waals surface area contributed by atoms with Crippen molar-refractivity contribution in [2.24, 2.45) is 11.3 Å². The van der Waals surface area contributed by atoms with Gasteiger partial charge in [0, 0.05) is 43.3 Å². The first-order chi connectivity index (χ1) is 11.8. The minimum absolute atomic E-state index is 0.0478. The third-order valence-electron chi connectivity index (χ3n) is 5.17. The van der Waals surface area contributed by atoms with E-state index in [1.807, 2.05) is 26.0 Å². The number of nitrogens with two attached hydrogens (primary N) is 1. The van der Waals surface area contributed by atoms with Crippen LogP contribution in [0.5, 0.6) is 0 Å². The second-order valence-electron chi connectivity index (χ2n) is 6.82. The van der Waals surface area contributed by atoms with Crippen LogP contribution in [0.4, 0.5) is 0 Å². The van der Waals surface area contributed by atoms with E-state index >= 15 is 0 Å². The number of carbonyl (C=O) groups excluding carboxylic acids is 1. The first-order valence-corrected chi connectivity index (χ1v) is 9.36. The summed E-state index contributed by atoms with van der Waals surface area (Å²) in [4.78, 5) is 14.5. The Morgan fingerprint density at radius 1 is 1.44 bits per heavy atom. The molecule has 1 aliphatic heterocycles. The van der Waals surface area contributed by atoms with E-state index in [4.69, 9.17) is 17.4 Å². The molecule has 4 N–H and O–H groups in total. The number of piperidine rings is 1. The molecule has 0 radical (unpaired) electrons. The van der Waals surface area contributed by atoms with Crippen LogP contribution in [-0.4, -0.2) is 36.3 Å². The van der Waals surface area contributed by atoms with Crippen molar-refractivity contribution in [3.05, 3.63) is 35.7 Å². The topological polar surface area (TPSA) is 70.4 Å². The van der Waals surface area contributed by atoms with Gasteiger partial charge >= 0.3 is 0 Å². The smallest absolute Gasteiger partial charge is 0.226 e. The molecule has 5 nitrogen and oxygen atoms in total. The molecule has 0 aromatic carbocycles. The maximum absolute atomic E-state index is 12.2. The summed E-state index contributed by atoms with van der Waals surface area (Å²) in [6.07, 6.45) is 7.12. The second kappa shape index (κ2) is 9.88. The number of likely N-dealkylation sites (tertiary alicyclic amines) is 1. The normalized spacial score (nSPS) is 19.4. The largest absolute Gasteiger partial charge is 0.375 e. The number of hydrazine groups is 1. The van der Waals surface area contributed by atoms with Gasteiger partial charge in [-0.3, -0.25) is 10.6 Å². The minimum Gasteiger partial charge on any atom is -0.375 e. The average molecular weight is 369 g/mol. The van der Waals surface area contributed by atoms with Crippen molar-refractivity contribution in [3.63, 3.8) is 0 Å². The number of halogens is 1. The summed E-state index contributed by atoms with van der Waals surface area (Å²) in [5.74, 6) is 5.78. The van der Waals surface area contributed by atoms with Crippen LogP contribution in [0.25, 0.3) is 0 Å². The molecule has 1 unspecified atom stereocenters. The molecule has 0 saturated carbocycles. The fraction of sp³-hybridized carbons (Fsp3) is 0.632. The summed E-state index contributed by atoms with van der Waals surface area (Å²) in [6.45, 7) is 12.0. The van der Waals surface area contributed by atoms with E-state index in [0.717, 1.165) is 55.7 Å². The fourth-order valence-electron chi connectivity index (χ4n) is 3.31. The van der Waals surface area contributed by atoms with Crippen molar-refractivity contribution in [3.8, 4) is 0 Å². The number of amides is 1. The Bertz CT molecular complexity index is 532. The molecule has 6 heteroatoms. The molecule has 1 fully saturated rings. The van der Waals surface area contributed by atoms with Crippen LogP contribution in [0.2, 0.25) is 0 Å². The molecule has 0 aliphatic carbocycles. The van der Waals surface area contributed by atoms with E-state index in [-0.39, 0.29) is 16.7 Å². The Balaban J connectivity index is 2.72. The van der Waals surface area contributed by atoms with Gasteiger partial charge in [0.1, 0.15) is 0 Å². The van der Waals surface area contributed by atoms with Crippen LogP contribution < -0.4 is 16.6 Å². The first-order valence-electron chi connectivity index (χ1n) is 8.93. The molecule has 0 aromatic rings. The lowest BCUT2D eigenvalue weighted by Crippen LogP contribution is -2.47. The molecule has 0 bridgehead atoms. The summed E-state index contributed by atoms with van der Waals surface area (Å²) in [7, 11) is 1.72. The highest BCUT2D eigenvalue weighted by atomic mass is 35.5. The van der Waals surface area contributed by atoms with Gasteiger partial charge in [-0.2, -0.15) is 0 Å². The molecule has 1 atom stereocenters. The molecular weight excluding hydrogens is 336 g/mol. The predicted octanol–water partition coefficient (Wildman–Crippen LogP) is 3.05. The van der Waals surface area contributed by atoms with Gasteiger partial charge in [0.05, 0.1) is 5.41 Å². The Hall–Kier alpha value is -1.46. The van der Waals surface area contributed by atoms with E-state index in [0.29, 0.717) is 0 Å². The van der Waals surface area contributed by atoms with E-state index in [9.17, 15) is 4.79 Å². The molecule has 1 saturated heterocycles. The van der Waals surface area contributed by atoms with E-state index in [2.05, 4.69) is 29.1 Å². The lowest BCUT2D eigenvalue weighted by Gasteiger charge is -2.41. The fourth-order valence-corrected chi connectivity index (χ4v) is 3.39. The van der Waals surface area contributed by atoms with Crippen molar-refractivity contribution in [2.45, 2.75) is 51.8 Å². The summed E-state index contributed by atoms with van der Waals surface area (Å²) in [6, 6.07) is 0. The summed E-state index contributed by atoms with van der Waals surface area (Å²) in [5.41, 5.74) is 5.52. The first kappa shape index (κ1) is 21.6. The van der Waals surface area contributed by atoms with Gasteiger partial charge < -0.3 is 15.6 Å². The van der Waals surface area contributed by atoms with Crippen molar-refractivity contribution in [1.29, 1.82) is 0 Å². The van der Waals surface area contributed by atoms with Crippen molar-refractivity contribution in [1.82, 2.24) is 15.6 Å². The zero-order valence-corrected chi connectivity index (χ0v) is 16.7. The van der Waals surface area contributed by atoms with Crippen molar-refractivity contribution >= 4 is 17.5 Å². The lowest BCUT2D eigenvalue weighted by atomic mass is 9.75. The Kier molecular flexibility index (Phi) is 8.53. The second-order valence-corrected chi connectivity index (χ2v) is 7.51. The maximum atomic E-state index is 12.2. The average Bonchev–Trinajstić information content (AvgIpc) is 2.61. The van der Waals surface area contributed by atoms with Gasteiger partial charge in [-0.1, -0.05) is 19.6 Å². The monoisotopic (exact) mass is 368 g/mol. The molecular formula is C19H33ClN4O. The molecule has 1 aliphatic rings. The number of allylic oxidation sites excluding steroid dienone is 3. The molecule has 142 valence electrons. The number of hydrogen-bond donors (Lipinski definition) is 3. The quantitative estimate of drug-likeness (QED) is 0.266. The van der Waals surface area contributed by atoms with E-state index in [1.165, 1.54) is 0 Å². The standard InChI is InChI=1S/C19H33ClN4O/c1-6-19(18(25)22-5)9-11-24(12-10-19)16(4)13-14(2)17(23-21)8-7-15(3)20/h7-8,15,23H,4,6,9-13,21H2,1-3,5H3,(H,22,25)/b8-7?,17-14+. The van der Waals surface area contributed by atoms with Gasteiger partial charge in [-0.15, -0.1) is 11.6 Å². The van der Waals surface area contributed by atoms with Gasteiger partial charge in [0.15, 0.2) is 0 Å². The highest BCUT2D eigenvalue weighted by molar-refractivity contribution is 6.21. The van der Waals surface area contributed by atoms with Crippen molar-refractivity contribution < 1.29 is 4.79 Å². The molecule has 1 rings (SSSR count). The predicted molar refractivity (Wildman–Crippen MR) is 106 cm³/mol. The highest BCUT2D eigenvalue weighted by Gasteiger charge is 2.39. The molecule has 1 heterocycles. The van der Waals surface area contributed by atoms with Crippen LogP contribution >= 0.6 is 11.6 Å². The van der Waals surface area contributed by atoms with Crippen LogP contribution in [0.1, 0.15) is 46.5 Å². The lowest BCUT2D eigenvalue weighted by molar-refractivity contribution is -0.133.